The fourth-order valence-corrected chi connectivity index (χ4v) is 5.10. The zero-order chi connectivity index (χ0) is 25.1. The van der Waals surface area contributed by atoms with Crippen molar-refractivity contribution in [3.05, 3.63) is 41.9 Å². The van der Waals surface area contributed by atoms with Crippen LogP contribution >= 0.6 is 11.6 Å². The molecule has 0 atom stereocenters. The Balaban J connectivity index is 1.98. The van der Waals surface area contributed by atoms with E-state index in [-0.39, 0.29) is 44.3 Å². The summed E-state index contributed by atoms with van der Waals surface area (Å²) in [6, 6.07) is 5.41. The average Bonchev–Trinajstić information content (AvgIpc) is 3.35. The van der Waals surface area contributed by atoms with Crippen molar-refractivity contribution >= 4 is 42.3 Å². The minimum Gasteiger partial charge on any atom is -0.326 e. The largest absolute Gasteiger partial charge is 0.501 e. The first kappa shape index (κ1) is 24.1. The number of fused-ring (bicyclic) bond motifs is 1. The highest BCUT2D eigenvalue weighted by molar-refractivity contribution is 7.92. The van der Waals surface area contributed by atoms with Crippen molar-refractivity contribution in [2.75, 3.05) is 5.75 Å². The Morgan fingerprint density at radius 3 is 2.35 bits per heavy atom. The van der Waals surface area contributed by atoms with Crippen molar-refractivity contribution < 1.29 is 30.0 Å². The average molecular weight is 535 g/mol. The van der Waals surface area contributed by atoms with Crippen LogP contribution in [0.5, 0.6) is 0 Å². The van der Waals surface area contributed by atoms with E-state index in [2.05, 4.69) is 20.1 Å². The first-order valence-corrected chi connectivity index (χ1v) is 12.9. The molecule has 0 radical (unpaired) electrons. The first-order valence-electron chi connectivity index (χ1n) is 9.36. The summed E-state index contributed by atoms with van der Waals surface area (Å²) in [7, 11) is -7.92. The van der Waals surface area contributed by atoms with E-state index < -0.39 is 30.1 Å². The molecular weight excluding hydrogens is 521 g/mol. The molecule has 3 heterocycles. The molecule has 180 valence electrons. The molecule has 34 heavy (non-hydrogen) atoms. The molecule has 0 amide bonds. The third kappa shape index (κ3) is 3.92. The molecule has 0 N–H and O–H groups in total. The summed E-state index contributed by atoms with van der Waals surface area (Å²) in [5.41, 5.74) is -5.44. The second-order valence-corrected chi connectivity index (χ2v) is 11.5. The number of imidazole rings is 1. The van der Waals surface area contributed by atoms with Gasteiger partial charge in [0.15, 0.2) is 21.5 Å². The van der Waals surface area contributed by atoms with Crippen molar-refractivity contribution in [2.24, 2.45) is 7.05 Å². The zero-order valence-electron chi connectivity index (χ0n) is 17.3. The summed E-state index contributed by atoms with van der Waals surface area (Å²) in [5, 5.41) is 3.84. The maximum absolute atomic E-state index is 13.0. The van der Waals surface area contributed by atoms with Crippen LogP contribution in [-0.2, 0) is 26.7 Å². The molecule has 10 nitrogen and oxygen atoms in total. The Hall–Kier alpha value is -3.04. The lowest BCUT2D eigenvalue weighted by molar-refractivity contribution is -0.0435. The Morgan fingerprint density at radius 1 is 1.06 bits per heavy atom. The van der Waals surface area contributed by atoms with Crippen molar-refractivity contribution in [1.82, 2.24) is 29.3 Å². The van der Waals surface area contributed by atoms with E-state index in [9.17, 15) is 30.0 Å². The van der Waals surface area contributed by atoms with Crippen LogP contribution < -0.4 is 0 Å². The van der Waals surface area contributed by atoms with Crippen LogP contribution in [0.2, 0.25) is 5.28 Å². The van der Waals surface area contributed by atoms with Crippen LogP contribution in [0, 0.1) is 0 Å². The molecule has 0 spiro atoms. The Morgan fingerprint density at radius 2 is 1.76 bits per heavy atom. The van der Waals surface area contributed by atoms with Gasteiger partial charge in [-0.15, -0.1) is 5.10 Å². The van der Waals surface area contributed by atoms with Crippen LogP contribution in [0.1, 0.15) is 6.92 Å². The van der Waals surface area contributed by atoms with Gasteiger partial charge in [0, 0.05) is 7.05 Å². The Kier molecular flexibility index (Phi) is 5.69. The van der Waals surface area contributed by atoms with Gasteiger partial charge < -0.3 is 4.57 Å². The summed E-state index contributed by atoms with van der Waals surface area (Å²) in [5.74, 6) is -0.123. The lowest BCUT2D eigenvalue weighted by Gasteiger charge is -2.11. The topological polar surface area (TPSA) is 130 Å². The first-order chi connectivity index (χ1) is 15.8. The second-order valence-electron chi connectivity index (χ2n) is 6.97. The number of rotatable bonds is 5. The van der Waals surface area contributed by atoms with Crippen LogP contribution in [0.15, 0.2) is 46.5 Å². The molecule has 4 rings (SSSR count). The molecule has 0 unspecified atom stereocenters. The number of nitrogens with zero attached hydrogens (tertiary/aromatic N) is 6. The van der Waals surface area contributed by atoms with Gasteiger partial charge in [0.1, 0.15) is 12.0 Å². The molecule has 1 aromatic carbocycles. The van der Waals surface area contributed by atoms with Gasteiger partial charge in [-0.25, -0.2) is 36.5 Å². The highest BCUT2D eigenvalue weighted by Crippen LogP contribution is 2.34. The molecule has 0 bridgehead atoms. The number of aryl methyl sites for hydroxylation is 1. The SMILES string of the molecule is CCS(=O)(=O)c1ccc(-n2cnc(Cl)n2)nc1-c1nc2cc(S(=O)(=O)C(F)(F)F)ccc2n1C. The summed E-state index contributed by atoms with van der Waals surface area (Å²) >= 11 is 5.74. The van der Waals surface area contributed by atoms with Crippen molar-refractivity contribution in [3.63, 3.8) is 0 Å². The molecule has 0 aliphatic heterocycles. The molecule has 16 heteroatoms. The third-order valence-electron chi connectivity index (χ3n) is 4.94. The quantitative estimate of drug-likeness (QED) is 0.382. The number of halogens is 4. The van der Waals surface area contributed by atoms with Gasteiger partial charge >= 0.3 is 5.51 Å². The zero-order valence-corrected chi connectivity index (χ0v) is 19.7. The number of alkyl halides is 3. The van der Waals surface area contributed by atoms with Gasteiger partial charge in [-0.05, 0) is 41.9 Å². The standard InChI is InChI=1S/C18H14ClF3N6O4S2/c1-3-33(29,30)13-6-7-14(28-9-23-17(19)26-28)25-15(13)16-24-11-8-10(4-5-12(11)27(16)2)34(31,32)18(20,21)22/h4-9H,3H2,1-2H3. The Bertz CT molecular complexity index is 1650. The van der Waals surface area contributed by atoms with Crippen LogP contribution in [0.25, 0.3) is 28.4 Å². The van der Waals surface area contributed by atoms with E-state index in [1.165, 1.54) is 41.7 Å². The van der Waals surface area contributed by atoms with Gasteiger partial charge in [-0.1, -0.05) is 6.92 Å². The van der Waals surface area contributed by atoms with Gasteiger partial charge in [-0.3, -0.25) is 0 Å². The van der Waals surface area contributed by atoms with Crippen molar-refractivity contribution in [1.29, 1.82) is 0 Å². The summed E-state index contributed by atoms with van der Waals surface area (Å²) < 4.78 is 90.6. The number of benzene rings is 1. The second kappa shape index (κ2) is 8.02. The highest BCUT2D eigenvalue weighted by Gasteiger charge is 2.47. The predicted octanol–water partition coefficient (Wildman–Crippen LogP) is 2.96. The molecule has 3 aromatic heterocycles. The fourth-order valence-electron chi connectivity index (χ4n) is 3.18. The minimum absolute atomic E-state index is 0.0170. The van der Waals surface area contributed by atoms with E-state index in [0.717, 1.165) is 18.2 Å². The fraction of sp³-hybridized carbons (Fsp3) is 0.222. The van der Waals surface area contributed by atoms with Crippen molar-refractivity contribution in [3.8, 4) is 17.3 Å². The molecule has 0 aliphatic carbocycles. The number of hydrogen-bond donors (Lipinski definition) is 0. The van der Waals surface area contributed by atoms with Crippen LogP contribution in [-0.4, -0.2) is 57.4 Å². The normalized spacial score (nSPS) is 13.0. The minimum atomic E-state index is -5.60. The molecule has 0 aliphatic rings. The van der Waals surface area contributed by atoms with E-state index in [1.807, 2.05) is 0 Å². The van der Waals surface area contributed by atoms with Gasteiger partial charge in [0.2, 0.25) is 5.28 Å². The maximum atomic E-state index is 13.0. The number of pyridine rings is 1. The third-order valence-corrected chi connectivity index (χ3v) is 8.35. The van der Waals surface area contributed by atoms with Crippen molar-refractivity contribution in [2.45, 2.75) is 22.2 Å². The lowest BCUT2D eigenvalue weighted by Crippen LogP contribution is -2.23. The molecule has 0 saturated heterocycles. The predicted molar refractivity (Wildman–Crippen MR) is 115 cm³/mol. The van der Waals surface area contributed by atoms with Crippen LogP contribution in [0.3, 0.4) is 0 Å². The monoisotopic (exact) mass is 534 g/mol. The molecule has 0 saturated carbocycles. The summed E-state index contributed by atoms with van der Waals surface area (Å²) in [6.45, 7) is 1.44. The number of aromatic nitrogens is 6. The van der Waals surface area contributed by atoms with E-state index in [0.29, 0.717) is 0 Å². The smallest absolute Gasteiger partial charge is 0.326 e. The van der Waals surface area contributed by atoms with E-state index >= 15 is 0 Å². The summed E-state index contributed by atoms with van der Waals surface area (Å²) in [6.07, 6.45) is 1.26. The Labute approximate surface area is 195 Å². The van der Waals surface area contributed by atoms with Crippen LogP contribution in [0.4, 0.5) is 13.2 Å². The number of sulfone groups is 2. The van der Waals surface area contributed by atoms with Gasteiger partial charge in [0.05, 0.1) is 26.6 Å². The molecule has 0 fully saturated rings. The van der Waals surface area contributed by atoms with E-state index in [1.54, 1.807) is 0 Å². The van der Waals surface area contributed by atoms with Gasteiger partial charge in [-0.2, -0.15) is 13.2 Å². The molecular formula is C18H14ClF3N6O4S2. The van der Waals surface area contributed by atoms with Gasteiger partial charge in [0.25, 0.3) is 9.84 Å². The number of hydrogen-bond acceptors (Lipinski definition) is 8. The summed E-state index contributed by atoms with van der Waals surface area (Å²) in [4.78, 5) is 11.2. The lowest BCUT2D eigenvalue weighted by atomic mass is 10.3. The maximum Gasteiger partial charge on any atom is 0.501 e. The highest BCUT2D eigenvalue weighted by atomic mass is 35.5. The van der Waals surface area contributed by atoms with E-state index in [4.69, 9.17) is 11.6 Å². The molecule has 4 aromatic rings.